The number of hydrogen-bond donors (Lipinski definition) is 0. The third-order valence-corrected chi connectivity index (χ3v) is 5.50. The van der Waals surface area contributed by atoms with Crippen molar-refractivity contribution >= 4 is 0 Å². The van der Waals surface area contributed by atoms with Crippen molar-refractivity contribution in [2.45, 2.75) is 41.5 Å². The van der Waals surface area contributed by atoms with Crippen molar-refractivity contribution in [3.63, 3.8) is 0 Å². The molecule has 0 nitrogen and oxygen atoms in total. The zero-order valence-electron chi connectivity index (χ0n) is 19.2. The smallest absolute Gasteiger partial charge is 1.00 e. The standard InChI is InChI=1S/2C14H15.2ClH.Zr/c2*1-10-4-6-13(7-5-10)14-8-11(2)12(3)9-14;;;/h2*4-9H,1-3H3;2*1H;/q2*-1;;;+4/p-2. The van der Waals surface area contributed by atoms with Gasteiger partial charge < -0.3 is 24.8 Å². The Morgan fingerprint density at radius 2 is 0.645 bits per heavy atom. The SMILES string of the molecule is Cc1ccc(-[c-]2cc(C)c(C)c2)cc1.Cc1ccc(-[c-]2cc(C)c(C)c2)cc1.[Cl-].[Cl-].[Zr+4]. The Morgan fingerprint density at radius 3 is 0.871 bits per heavy atom. The van der Waals surface area contributed by atoms with Crippen LogP contribution in [0.4, 0.5) is 0 Å². The van der Waals surface area contributed by atoms with Gasteiger partial charge in [-0.05, 0) is 13.8 Å². The van der Waals surface area contributed by atoms with E-state index in [1.165, 1.54) is 55.6 Å². The fraction of sp³-hybridized carbons (Fsp3) is 0.214. The van der Waals surface area contributed by atoms with Crippen molar-refractivity contribution in [3.8, 4) is 22.3 Å². The summed E-state index contributed by atoms with van der Waals surface area (Å²) in [5, 5.41) is 0. The molecule has 0 aromatic heterocycles. The number of hydrogen-bond acceptors (Lipinski definition) is 0. The zero-order chi connectivity index (χ0) is 20.3. The summed E-state index contributed by atoms with van der Waals surface area (Å²) in [6.07, 6.45) is 0. The van der Waals surface area contributed by atoms with E-state index in [1.807, 2.05) is 0 Å². The van der Waals surface area contributed by atoms with Crippen molar-refractivity contribution in [3.05, 3.63) is 106 Å². The molecule has 0 N–H and O–H groups in total. The Hall–Kier alpha value is -1.40. The zero-order valence-corrected chi connectivity index (χ0v) is 23.2. The van der Waals surface area contributed by atoms with Crippen LogP contribution >= 0.6 is 0 Å². The molecule has 0 saturated heterocycles. The van der Waals surface area contributed by atoms with E-state index in [-0.39, 0.29) is 51.0 Å². The Labute approximate surface area is 219 Å². The van der Waals surface area contributed by atoms with Gasteiger partial charge in [-0.15, -0.1) is 81.9 Å². The minimum absolute atomic E-state index is 0. The monoisotopic (exact) mass is 526 g/mol. The molecule has 160 valence electrons. The second kappa shape index (κ2) is 13.2. The first-order chi connectivity index (χ1) is 13.3. The first kappa shape index (κ1) is 29.6. The Balaban J connectivity index is 0.000000529. The Bertz CT molecular complexity index is 925. The van der Waals surface area contributed by atoms with Gasteiger partial charge in [-0.1, -0.05) is 74.2 Å². The molecule has 0 aliphatic rings. The fourth-order valence-electron chi connectivity index (χ4n) is 3.30. The molecule has 0 aliphatic carbocycles. The summed E-state index contributed by atoms with van der Waals surface area (Å²) in [6, 6.07) is 26.4. The van der Waals surface area contributed by atoms with Crippen molar-refractivity contribution < 1.29 is 51.0 Å². The van der Waals surface area contributed by atoms with E-state index in [2.05, 4.69) is 114 Å². The molecule has 0 bridgehead atoms. The third-order valence-electron chi connectivity index (χ3n) is 5.50. The summed E-state index contributed by atoms with van der Waals surface area (Å²) in [5.41, 5.74) is 13.4. The first-order valence-corrected chi connectivity index (χ1v) is 9.95. The van der Waals surface area contributed by atoms with Gasteiger partial charge in [-0.25, -0.2) is 0 Å². The summed E-state index contributed by atoms with van der Waals surface area (Å²) in [7, 11) is 0. The predicted molar refractivity (Wildman–Crippen MR) is 123 cm³/mol. The van der Waals surface area contributed by atoms with Crippen molar-refractivity contribution in [2.75, 3.05) is 0 Å². The van der Waals surface area contributed by atoms with Crippen LogP contribution in [-0.4, -0.2) is 0 Å². The molecule has 0 fully saturated rings. The van der Waals surface area contributed by atoms with Gasteiger partial charge in [0.05, 0.1) is 0 Å². The van der Waals surface area contributed by atoms with Crippen LogP contribution in [0.25, 0.3) is 22.3 Å². The van der Waals surface area contributed by atoms with E-state index in [9.17, 15) is 0 Å². The third kappa shape index (κ3) is 7.91. The second-order valence-electron chi connectivity index (χ2n) is 7.95. The summed E-state index contributed by atoms with van der Waals surface area (Å²) < 4.78 is 0. The minimum atomic E-state index is 0. The average Bonchev–Trinajstić information content (AvgIpc) is 3.18. The van der Waals surface area contributed by atoms with Crippen LogP contribution in [0.3, 0.4) is 0 Å². The maximum Gasteiger partial charge on any atom is 4.00 e. The van der Waals surface area contributed by atoms with Gasteiger partial charge in [0.1, 0.15) is 0 Å². The molecule has 4 rings (SSSR count). The van der Waals surface area contributed by atoms with Gasteiger partial charge in [-0.3, -0.25) is 0 Å². The van der Waals surface area contributed by atoms with E-state index in [1.54, 1.807) is 0 Å². The normalized spacial score (nSPS) is 9.48. The maximum absolute atomic E-state index is 2.25. The number of halogens is 2. The minimum Gasteiger partial charge on any atom is -1.00 e. The van der Waals surface area contributed by atoms with E-state index in [0.717, 1.165) is 0 Å². The molecule has 31 heavy (non-hydrogen) atoms. The van der Waals surface area contributed by atoms with Gasteiger partial charge >= 0.3 is 26.2 Å². The van der Waals surface area contributed by atoms with E-state index >= 15 is 0 Å². The molecule has 3 heteroatoms. The molecule has 4 aromatic rings. The Morgan fingerprint density at radius 1 is 0.419 bits per heavy atom. The van der Waals surface area contributed by atoms with Crippen LogP contribution in [-0.2, 0) is 26.2 Å². The molecule has 0 spiro atoms. The second-order valence-corrected chi connectivity index (χ2v) is 7.95. The van der Waals surface area contributed by atoms with Crippen LogP contribution in [0, 0.1) is 41.5 Å². The van der Waals surface area contributed by atoms with Gasteiger partial charge in [0.15, 0.2) is 0 Å². The summed E-state index contributed by atoms with van der Waals surface area (Å²) >= 11 is 0. The molecular weight excluding hydrogens is 498 g/mol. The van der Waals surface area contributed by atoms with Crippen molar-refractivity contribution in [1.29, 1.82) is 0 Å². The molecule has 0 radical (unpaired) electrons. The molecular formula is C28H30Cl2Zr. The van der Waals surface area contributed by atoms with Gasteiger partial charge in [0.25, 0.3) is 0 Å². The maximum atomic E-state index is 2.25. The van der Waals surface area contributed by atoms with Crippen LogP contribution in [0.2, 0.25) is 0 Å². The largest absolute Gasteiger partial charge is 4.00 e. The van der Waals surface area contributed by atoms with Gasteiger partial charge in [0.2, 0.25) is 0 Å². The van der Waals surface area contributed by atoms with E-state index in [0.29, 0.717) is 0 Å². The number of rotatable bonds is 2. The van der Waals surface area contributed by atoms with Crippen molar-refractivity contribution in [2.24, 2.45) is 0 Å². The predicted octanol–water partition coefficient (Wildman–Crippen LogP) is 2.00. The van der Waals surface area contributed by atoms with Crippen LogP contribution in [0.1, 0.15) is 33.4 Å². The van der Waals surface area contributed by atoms with Crippen LogP contribution in [0.15, 0.2) is 72.8 Å². The summed E-state index contributed by atoms with van der Waals surface area (Å²) in [5.74, 6) is 0. The van der Waals surface area contributed by atoms with Crippen molar-refractivity contribution in [1.82, 2.24) is 0 Å². The Kier molecular flexibility index (Phi) is 12.6. The summed E-state index contributed by atoms with van der Waals surface area (Å²) in [6.45, 7) is 12.9. The van der Waals surface area contributed by atoms with Gasteiger partial charge in [-0.2, -0.15) is 0 Å². The summed E-state index contributed by atoms with van der Waals surface area (Å²) in [4.78, 5) is 0. The van der Waals surface area contributed by atoms with Crippen LogP contribution in [0.5, 0.6) is 0 Å². The molecule has 4 aromatic carbocycles. The molecule has 0 aliphatic heterocycles. The molecule has 0 saturated carbocycles. The molecule has 0 amide bonds. The quantitative estimate of drug-likeness (QED) is 0.350. The average molecular weight is 529 g/mol. The van der Waals surface area contributed by atoms with Crippen LogP contribution < -0.4 is 24.8 Å². The molecule has 0 unspecified atom stereocenters. The van der Waals surface area contributed by atoms with E-state index in [4.69, 9.17) is 0 Å². The fourth-order valence-corrected chi connectivity index (χ4v) is 3.30. The number of benzene rings is 2. The molecule has 0 atom stereocenters. The van der Waals surface area contributed by atoms with E-state index < -0.39 is 0 Å². The molecule has 0 heterocycles. The van der Waals surface area contributed by atoms with Gasteiger partial charge in [0, 0.05) is 0 Å². The topological polar surface area (TPSA) is 0 Å². The number of aryl methyl sites for hydroxylation is 6. The first-order valence-electron chi connectivity index (χ1n) is 9.95.